The summed E-state index contributed by atoms with van der Waals surface area (Å²) in [5, 5.41) is 9.71. The third-order valence-electron chi connectivity index (χ3n) is 1.78. The molecule has 0 radical (unpaired) electrons. The fourth-order valence-corrected chi connectivity index (χ4v) is 0.984. The Hall–Kier alpha value is -0.380. The lowest BCUT2D eigenvalue weighted by Crippen LogP contribution is -2.32. The monoisotopic (exact) mass is 188 g/mol. The van der Waals surface area contributed by atoms with E-state index in [0.29, 0.717) is 0 Å². The summed E-state index contributed by atoms with van der Waals surface area (Å²) in [4.78, 5) is 0. The Labute approximate surface area is 80.4 Å². The highest BCUT2D eigenvalue weighted by Gasteiger charge is 2.19. The van der Waals surface area contributed by atoms with Crippen molar-refractivity contribution in [1.29, 1.82) is 0 Å². The van der Waals surface area contributed by atoms with Gasteiger partial charge in [-0.15, -0.1) is 0 Å². The van der Waals surface area contributed by atoms with Crippen LogP contribution in [-0.2, 0) is 9.47 Å². The molecule has 0 amide bonds. The molecular weight excluding hydrogens is 168 g/mol. The number of ether oxygens (including phenoxy) is 2. The van der Waals surface area contributed by atoms with Crippen LogP contribution in [0.15, 0.2) is 12.2 Å². The maximum Gasteiger partial charge on any atom is 0.147 e. The van der Waals surface area contributed by atoms with Gasteiger partial charge in [0, 0.05) is 7.11 Å². The fraction of sp³-hybridized carbons (Fsp3) is 0.800. The number of hydrogen-bond donors (Lipinski definition) is 1. The summed E-state index contributed by atoms with van der Waals surface area (Å²) in [5.74, 6) is 0.179. The molecule has 0 spiro atoms. The van der Waals surface area contributed by atoms with Gasteiger partial charge < -0.3 is 14.6 Å². The first-order valence-corrected chi connectivity index (χ1v) is 4.54. The van der Waals surface area contributed by atoms with E-state index in [9.17, 15) is 5.11 Å². The van der Waals surface area contributed by atoms with Crippen LogP contribution >= 0.6 is 0 Å². The number of hydrogen-bond acceptors (Lipinski definition) is 3. The quantitative estimate of drug-likeness (QED) is 0.508. The Bertz CT molecular complexity index is 143. The van der Waals surface area contributed by atoms with Crippen LogP contribution in [0.5, 0.6) is 0 Å². The summed E-state index contributed by atoms with van der Waals surface area (Å²) in [6, 6.07) is 0. The lowest BCUT2D eigenvalue weighted by molar-refractivity contribution is -0.102. The molecule has 0 aromatic carbocycles. The maximum absolute atomic E-state index is 9.71. The van der Waals surface area contributed by atoms with E-state index in [1.807, 2.05) is 32.9 Å². The molecule has 0 aromatic heterocycles. The molecule has 0 aromatic rings. The largest absolute Gasteiger partial charge is 0.390 e. The van der Waals surface area contributed by atoms with Crippen LogP contribution in [-0.4, -0.2) is 31.2 Å². The van der Waals surface area contributed by atoms with Gasteiger partial charge in [0.05, 0.1) is 6.10 Å². The molecule has 0 fully saturated rings. The molecule has 78 valence electrons. The number of aliphatic hydroxyl groups excluding tert-OH is 1. The van der Waals surface area contributed by atoms with E-state index in [-0.39, 0.29) is 18.8 Å². The van der Waals surface area contributed by atoms with Crippen molar-refractivity contribution in [3.8, 4) is 0 Å². The zero-order chi connectivity index (χ0) is 10.3. The zero-order valence-corrected chi connectivity index (χ0v) is 8.86. The van der Waals surface area contributed by atoms with Gasteiger partial charge in [0.2, 0.25) is 0 Å². The molecule has 0 aliphatic rings. The van der Waals surface area contributed by atoms with E-state index in [1.165, 1.54) is 0 Å². The van der Waals surface area contributed by atoms with Gasteiger partial charge in [0.15, 0.2) is 0 Å². The van der Waals surface area contributed by atoms with Crippen LogP contribution in [0.25, 0.3) is 0 Å². The highest BCUT2D eigenvalue weighted by Crippen LogP contribution is 2.11. The van der Waals surface area contributed by atoms with E-state index in [2.05, 4.69) is 0 Å². The van der Waals surface area contributed by atoms with Gasteiger partial charge in [-0.2, -0.15) is 0 Å². The number of methoxy groups -OCH3 is 1. The molecule has 0 aliphatic carbocycles. The lowest BCUT2D eigenvalue weighted by atomic mass is 10.0. The summed E-state index contributed by atoms with van der Waals surface area (Å²) in [6.45, 7) is 6.02. The molecule has 2 atom stereocenters. The number of aliphatic hydroxyl groups is 1. The predicted octanol–water partition coefficient (Wildman–Crippen LogP) is 1.57. The van der Waals surface area contributed by atoms with Crippen molar-refractivity contribution in [1.82, 2.24) is 0 Å². The highest BCUT2D eigenvalue weighted by molar-refractivity contribution is 4.92. The number of rotatable bonds is 6. The normalized spacial score (nSPS) is 16.8. The Morgan fingerprint density at radius 1 is 1.38 bits per heavy atom. The first-order chi connectivity index (χ1) is 6.13. The Morgan fingerprint density at radius 3 is 2.38 bits per heavy atom. The van der Waals surface area contributed by atoms with Gasteiger partial charge in [0.1, 0.15) is 12.9 Å². The van der Waals surface area contributed by atoms with Gasteiger partial charge in [-0.1, -0.05) is 26.0 Å². The van der Waals surface area contributed by atoms with Crippen LogP contribution in [0.2, 0.25) is 0 Å². The van der Waals surface area contributed by atoms with Gasteiger partial charge in [0.25, 0.3) is 0 Å². The third-order valence-corrected chi connectivity index (χ3v) is 1.78. The van der Waals surface area contributed by atoms with Crippen LogP contribution in [0, 0.1) is 5.92 Å². The van der Waals surface area contributed by atoms with Crippen molar-refractivity contribution in [2.75, 3.05) is 13.9 Å². The molecule has 13 heavy (non-hydrogen) atoms. The highest BCUT2D eigenvalue weighted by atomic mass is 16.7. The lowest BCUT2D eigenvalue weighted by Gasteiger charge is -2.22. The molecule has 0 saturated heterocycles. The topological polar surface area (TPSA) is 38.7 Å². The van der Waals surface area contributed by atoms with Crippen molar-refractivity contribution < 1.29 is 14.6 Å². The smallest absolute Gasteiger partial charge is 0.147 e. The summed E-state index contributed by atoms with van der Waals surface area (Å²) in [5.41, 5.74) is 0. The van der Waals surface area contributed by atoms with Crippen molar-refractivity contribution >= 4 is 0 Å². The summed E-state index contributed by atoms with van der Waals surface area (Å²) in [7, 11) is 1.56. The molecule has 0 heterocycles. The second-order valence-corrected chi connectivity index (χ2v) is 3.30. The molecule has 0 aliphatic heterocycles. The molecule has 1 N–H and O–H groups in total. The third kappa shape index (κ3) is 5.03. The summed E-state index contributed by atoms with van der Waals surface area (Å²) >= 11 is 0. The van der Waals surface area contributed by atoms with Gasteiger partial charge in [-0.3, -0.25) is 0 Å². The van der Waals surface area contributed by atoms with Gasteiger partial charge >= 0.3 is 0 Å². The summed E-state index contributed by atoms with van der Waals surface area (Å²) < 4.78 is 10.1. The van der Waals surface area contributed by atoms with Crippen LogP contribution < -0.4 is 0 Å². The first-order valence-electron chi connectivity index (χ1n) is 4.54. The zero-order valence-electron chi connectivity index (χ0n) is 8.86. The van der Waals surface area contributed by atoms with Gasteiger partial charge in [-0.25, -0.2) is 0 Å². The predicted molar refractivity (Wildman–Crippen MR) is 52.4 cm³/mol. The van der Waals surface area contributed by atoms with Gasteiger partial charge in [-0.05, 0) is 12.8 Å². The van der Waals surface area contributed by atoms with Crippen LogP contribution in [0.3, 0.4) is 0 Å². The molecule has 0 bridgehead atoms. The fourth-order valence-electron chi connectivity index (χ4n) is 0.984. The van der Waals surface area contributed by atoms with E-state index in [0.717, 1.165) is 0 Å². The second-order valence-electron chi connectivity index (χ2n) is 3.30. The minimum Gasteiger partial charge on any atom is -0.390 e. The number of allylic oxidation sites excluding steroid dienone is 1. The van der Waals surface area contributed by atoms with Crippen molar-refractivity contribution in [3.05, 3.63) is 12.2 Å². The Morgan fingerprint density at radius 2 is 2.00 bits per heavy atom. The molecule has 0 saturated carbocycles. The summed E-state index contributed by atoms with van der Waals surface area (Å²) in [6.07, 6.45) is 2.95. The Balaban J connectivity index is 4.06. The molecular formula is C10H20O3. The van der Waals surface area contributed by atoms with Crippen LogP contribution in [0.4, 0.5) is 0 Å². The van der Waals surface area contributed by atoms with Crippen molar-refractivity contribution in [3.63, 3.8) is 0 Å². The minimum absolute atomic E-state index is 0.179. The van der Waals surface area contributed by atoms with Crippen LogP contribution in [0.1, 0.15) is 20.8 Å². The standard InChI is InChI=1S/C10H20O3/c1-5-6-9(13-7-12-4)10(11)8(2)3/h5-6,8-11H,7H2,1-4H3/b6-5+/t9-,10+/m1/s1. The Kier molecular flexibility index (Phi) is 6.86. The van der Waals surface area contributed by atoms with Crippen molar-refractivity contribution in [2.24, 2.45) is 5.92 Å². The van der Waals surface area contributed by atoms with E-state index >= 15 is 0 Å². The minimum atomic E-state index is -0.480. The van der Waals surface area contributed by atoms with E-state index in [1.54, 1.807) is 7.11 Å². The van der Waals surface area contributed by atoms with E-state index < -0.39 is 6.10 Å². The first kappa shape index (κ1) is 12.6. The maximum atomic E-state index is 9.71. The average Bonchev–Trinajstić information content (AvgIpc) is 2.11. The molecule has 0 unspecified atom stereocenters. The molecule has 3 nitrogen and oxygen atoms in total. The molecule has 0 rings (SSSR count). The van der Waals surface area contributed by atoms with E-state index in [4.69, 9.17) is 9.47 Å². The SMILES string of the molecule is C/C=C/[C@@H](OCOC)[C@@H](O)C(C)C. The average molecular weight is 188 g/mol. The van der Waals surface area contributed by atoms with Crippen molar-refractivity contribution in [2.45, 2.75) is 33.0 Å². The second kappa shape index (κ2) is 7.06. The molecule has 3 heteroatoms.